The van der Waals surface area contributed by atoms with Crippen molar-refractivity contribution in [3.63, 3.8) is 0 Å². The molecule has 1 aliphatic rings. The first kappa shape index (κ1) is 14.3. The fourth-order valence-electron chi connectivity index (χ4n) is 2.09. The van der Waals surface area contributed by atoms with Crippen LogP contribution in [0, 0.1) is 0 Å². The highest BCUT2D eigenvalue weighted by Crippen LogP contribution is 2.29. The molecular formula is C12H15ClF3N. The van der Waals surface area contributed by atoms with Crippen LogP contribution < -0.4 is 5.32 Å². The second-order valence-corrected chi connectivity index (χ2v) is 4.20. The summed E-state index contributed by atoms with van der Waals surface area (Å²) >= 11 is 0. The largest absolute Gasteiger partial charge is 0.416 e. The maximum Gasteiger partial charge on any atom is 0.416 e. The normalized spacial score (nSPS) is 20.1. The second kappa shape index (κ2) is 5.74. The zero-order valence-electron chi connectivity index (χ0n) is 9.26. The molecule has 1 N–H and O–H groups in total. The van der Waals surface area contributed by atoms with E-state index in [0.717, 1.165) is 31.0 Å². The molecule has 2 rings (SSSR count). The molecule has 1 saturated heterocycles. The average Bonchev–Trinajstić information content (AvgIpc) is 2.70. The topological polar surface area (TPSA) is 12.0 Å². The highest BCUT2D eigenvalue weighted by Gasteiger charge is 2.30. The van der Waals surface area contributed by atoms with Gasteiger partial charge in [-0.15, -0.1) is 12.4 Å². The van der Waals surface area contributed by atoms with E-state index >= 15 is 0 Å². The fourth-order valence-corrected chi connectivity index (χ4v) is 2.09. The second-order valence-electron chi connectivity index (χ2n) is 4.20. The van der Waals surface area contributed by atoms with Crippen LogP contribution >= 0.6 is 12.4 Å². The van der Waals surface area contributed by atoms with Crippen LogP contribution in [0.1, 0.15) is 24.0 Å². The fraction of sp³-hybridized carbons (Fsp3) is 0.500. The van der Waals surface area contributed by atoms with Crippen molar-refractivity contribution in [2.45, 2.75) is 31.5 Å². The van der Waals surface area contributed by atoms with Gasteiger partial charge in [0.05, 0.1) is 5.56 Å². The van der Waals surface area contributed by atoms with Crippen LogP contribution in [0.15, 0.2) is 24.3 Å². The molecule has 1 aromatic carbocycles. The summed E-state index contributed by atoms with van der Waals surface area (Å²) < 4.78 is 37.4. The van der Waals surface area contributed by atoms with Gasteiger partial charge >= 0.3 is 6.18 Å². The van der Waals surface area contributed by atoms with Crippen LogP contribution in [-0.4, -0.2) is 12.6 Å². The molecule has 1 atom stereocenters. The van der Waals surface area contributed by atoms with Gasteiger partial charge in [-0.05, 0) is 37.4 Å². The van der Waals surface area contributed by atoms with Crippen LogP contribution in [-0.2, 0) is 12.6 Å². The van der Waals surface area contributed by atoms with Gasteiger partial charge in [-0.2, -0.15) is 13.2 Å². The Bertz CT molecular complexity index is 359. The Morgan fingerprint density at radius 3 is 2.65 bits per heavy atom. The molecule has 1 aromatic rings. The molecule has 0 saturated carbocycles. The first-order chi connectivity index (χ1) is 7.55. The van der Waals surface area contributed by atoms with Crippen molar-refractivity contribution in [3.05, 3.63) is 35.4 Å². The Hall–Kier alpha value is -0.740. The van der Waals surface area contributed by atoms with E-state index in [1.165, 1.54) is 12.1 Å². The van der Waals surface area contributed by atoms with Crippen molar-refractivity contribution < 1.29 is 13.2 Å². The summed E-state index contributed by atoms with van der Waals surface area (Å²) in [7, 11) is 0. The van der Waals surface area contributed by atoms with Crippen molar-refractivity contribution in [1.29, 1.82) is 0 Å². The van der Waals surface area contributed by atoms with E-state index in [1.54, 1.807) is 6.07 Å². The maximum absolute atomic E-state index is 12.5. The lowest BCUT2D eigenvalue weighted by molar-refractivity contribution is -0.137. The predicted molar refractivity (Wildman–Crippen MR) is 63.4 cm³/mol. The third kappa shape index (κ3) is 3.89. The van der Waals surface area contributed by atoms with E-state index < -0.39 is 11.7 Å². The van der Waals surface area contributed by atoms with Crippen LogP contribution in [0.25, 0.3) is 0 Å². The molecule has 0 aliphatic carbocycles. The van der Waals surface area contributed by atoms with Crippen LogP contribution in [0.3, 0.4) is 0 Å². The van der Waals surface area contributed by atoms with Gasteiger partial charge in [0, 0.05) is 6.04 Å². The number of hydrogen-bond donors (Lipinski definition) is 1. The number of nitrogens with one attached hydrogen (secondary N) is 1. The number of rotatable bonds is 2. The van der Waals surface area contributed by atoms with Crippen LogP contribution in [0.2, 0.25) is 0 Å². The molecule has 1 aliphatic heterocycles. The van der Waals surface area contributed by atoms with E-state index in [4.69, 9.17) is 0 Å². The molecule has 0 aromatic heterocycles. The number of halogens is 4. The quantitative estimate of drug-likeness (QED) is 0.864. The highest BCUT2D eigenvalue weighted by molar-refractivity contribution is 5.85. The summed E-state index contributed by atoms with van der Waals surface area (Å²) in [6, 6.07) is 5.94. The minimum absolute atomic E-state index is 0. The molecule has 0 amide bonds. The Morgan fingerprint density at radius 1 is 1.29 bits per heavy atom. The highest BCUT2D eigenvalue weighted by atomic mass is 35.5. The Labute approximate surface area is 105 Å². The summed E-state index contributed by atoms with van der Waals surface area (Å²) in [5.41, 5.74) is 0.206. The van der Waals surface area contributed by atoms with Gasteiger partial charge in [0.2, 0.25) is 0 Å². The minimum Gasteiger partial charge on any atom is -0.314 e. The van der Waals surface area contributed by atoms with E-state index in [2.05, 4.69) is 5.32 Å². The van der Waals surface area contributed by atoms with E-state index in [1.807, 2.05) is 0 Å². The molecule has 96 valence electrons. The molecule has 1 nitrogen and oxygen atoms in total. The van der Waals surface area contributed by atoms with E-state index in [0.29, 0.717) is 12.5 Å². The first-order valence-electron chi connectivity index (χ1n) is 5.45. The summed E-state index contributed by atoms with van der Waals surface area (Å²) in [6.45, 7) is 0.976. The Morgan fingerprint density at radius 2 is 2.06 bits per heavy atom. The lowest BCUT2D eigenvalue weighted by atomic mass is 10.0. The molecular weight excluding hydrogens is 251 g/mol. The smallest absolute Gasteiger partial charge is 0.314 e. The Kier molecular flexibility index (Phi) is 4.83. The van der Waals surface area contributed by atoms with Crippen molar-refractivity contribution in [1.82, 2.24) is 5.32 Å². The van der Waals surface area contributed by atoms with E-state index in [9.17, 15) is 13.2 Å². The third-order valence-electron chi connectivity index (χ3n) is 2.90. The molecule has 17 heavy (non-hydrogen) atoms. The zero-order valence-corrected chi connectivity index (χ0v) is 10.1. The predicted octanol–water partition coefficient (Wildman–Crippen LogP) is 3.42. The minimum atomic E-state index is -4.24. The van der Waals surface area contributed by atoms with Gasteiger partial charge in [0.15, 0.2) is 0 Å². The van der Waals surface area contributed by atoms with E-state index in [-0.39, 0.29) is 12.4 Å². The monoisotopic (exact) mass is 265 g/mol. The van der Waals surface area contributed by atoms with Crippen molar-refractivity contribution in [2.24, 2.45) is 0 Å². The number of benzene rings is 1. The van der Waals surface area contributed by atoms with Gasteiger partial charge < -0.3 is 5.32 Å². The van der Waals surface area contributed by atoms with Gasteiger partial charge in [-0.3, -0.25) is 0 Å². The van der Waals surface area contributed by atoms with Crippen molar-refractivity contribution in [2.75, 3.05) is 6.54 Å². The number of hydrogen-bond acceptors (Lipinski definition) is 1. The lowest BCUT2D eigenvalue weighted by Gasteiger charge is -2.12. The van der Waals surface area contributed by atoms with Gasteiger partial charge in [0.25, 0.3) is 0 Å². The first-order valence-corrected chi connectivity index (χ1v) is 5.45. The average molecular weight is 266 g/mol. The summed E-state index contributed by atoms with van der Waals surface area (Å²) in [5.74, 6) is 0. The summed E-state index contributed by atoms with van der Waals surface area (Å²) in [4.78, 5) is 0. The molecule has 1 fully saturated rings. The summed E-state index contributed by atoms with van der Waals surface area (Å²) in [5, 5.41) is 3.28. The van der Waals surface area contributed by atoms with Gasteiger partial charge in [-0.25, -0.2) is 0 Å². The number of alkyl halides is 3. The standard InChI is InChI=1S/C12H14F3N.ClH/c13-12(14,15)10-4-1-3-9(7-10)8-11-5-2-6-16-11;/h1,3-4,7,11,16H,2,5-6,8H2;1H. The van der Waals surface area contributed by atoms with Gasteiger partial charge in [0.1, 0.15) is 0 Å². The summed E-state index contributed by atoms with van der Waals surface area (Å²) in [6.07, 6.45) is -1.39. The van der Waals surface area contributed by atoms with Crippen LogP contribution in [0.5, 0.6) is 0 Å². The maximum atomic E-state index is 12.5. The molecule has 1 unspecified atom stereocenters. The van der Waals surface area contributed by atoms with Crippen molar-refractivity contribution in [3.8, 4) is 0 Å². The molecule has 0 spiro atoms. The van der Waals surface area contributed by atoms with Gasteiger partial charge in [-0.1, -0.05) is 18.2 Å². The molecule has 1 heterocycles. The molecule has 5 heteroatoms. The Balaban J connectivity index is 0.00000144. The van der Waals surface area contributed by atoms with Crippen LogP contribution in [0.4, 0.5) is 13.2 Å². The lowest BCUT2D eigenvalue weighted by Crippen LogP contribution is -2.23. The molecule has 0 bridgehead atoms. The molecule has 0 radical (unpaired) electrons. The zero-order chi connectivity index (χ0) is 11.6. The van der Waals surface area contributed by atoms with Crippen molar-refractivity contribution >= 4 is 12.4 Å². The third-order valence-corrected chi connectivity index (χ3v) is 2.90. The SMILES string of the molecule is Cl.FC(F)(F)c1cccc(CC2CCCN2)c1.